The minimum Gasteiger partial charge on any atom is -0.476 e. The summed E-state index contributed by atoms with van der Waals surface area (Å²) in [5, 5.41) is 10.2. The minimum absolute atomic E-state index is 0.137. The van der Waals surface area contributed by atoms with Crippen LogP contribution in [0.2, 0.25) is 0 Å². The Hall–Kier alpha value is -3.29. The number of allylic oxidation sites excluding steroid dienone is 4. The molecule has 1 fully saturated rings. The van der Waals surface area contributed by atoms with Crippen LogP contribution in [0.25, 0.3) is 6.08 Å². The van der Waals surface area contributed by atoms with Crippen LogP contribution in [0.15, 0.2) is 58.6 Å². The summed E-state index contributed by atoms with van der Waals surface area (Å²) < 4.78 is 5.22. The van der Waals surface area contributed by atoms with Gasteiger partial charge in [-0.25, -0.2) is 14.6 Å². The molecule has 2 unspecified atom stereocenters. The highest BCUT2D eigenvalue weighted by atomic mass is 16.7. The van der Waals surface area contributed by atoms with E-state index < -0.39 is 22.6 Å². The molecule has 0 spiro atoms. The SMILES string of the molecule is CC=CC=CC(=O)[N+]1(OCCc2nc(C=C3CCCC3)oc2C)CCc2ccccc2C1C(=O)O. The number of hydrogen-bond acceptors (Lipinski definition) is 5. The van der Waals surface area contributed by atoms with Crippen LogP contribution in [0, 0.1) is 6.92 Å². The van der Waals surface area contributed by atoms with E-state index in [2.05, 4.69) is 4.98 Å². The molecule has 2 atom stereocenters. The molecule has 0 radical (unpaired) electrons. The zero-order valence-corrected chi connectivity index (χ0v) is 20.4. The van der Waals surface area contributed by atoms with Gasteiger partial charge in [0.1, 0.15) is 18.9 Å². The van der Waals surface area contributed by atoms with E-state index >= 15 is 0 Å². The summed E-state index contributed by atoms with van der Waals surface area (Å²) in [7, 11) is 0. The molecule has 4 rings (SSSR count). The van der Waals surface area contributed by atoms with Crippen LogP contribution in [0.1, 0.15) is 67.1 Å². The van der Waals surface area contributed by atoms with Gasteiger partial charge in [-0.05, 0) is 51.2 Å². The first kappa shape index (κ1) is 24.8. The van der Waals surface area contributed by atoms with Crippen molar-refractivity contribution in [3.05, 3.63) is 82.6 Å². The Kier molecular flexibility index (Phi) is 7.78. The molecule has 35 heavy (non-hydrogen) atoms. The van der Waals surface area contributed by atoms with Gasteiger partial charge >= 0.3 is 11.9 Å². The molecule has 1 N–H and O–H groups in total. The highest BCUT2D eigenvalue weighted by Gasteiger charge is 2.54. The molecule has 2 aromatic rings. The predicted molar refractivity (Wildman–Crippen MR) is 132 cm³/mol. The second-order valence-electron chi connectivity index (χ2n) is 9.08. The lowest BCUT2D eigenvalue weighted by Gasteiger charge is -2.40. The van der Waals surface area contributed by atoms with Gasteiger partial charge in [-0.15, -0.1) is 0 Å². The number of carboxylic acids is 1. The number of hydrogen-bond donors (Lipinski definition) is 1. The number of hydroxylamine groups is 3. The van der Waals surface area contributed by atoms with Gasteiger partial charge in [-0.1, -0.05) is 52.7 Å². The van der Waals surface area contributed by atoms with Crippen molar-refractivity contribution in [3.63, 3.8) is 0 Å². The van der Waals surface area contributed by atoms with Gasteiger partial charge in [0.25, 0.3) is 0 Å². The number of carbonyl (C=O) groups is 2. The molecule has 1 aromatic heterocycles. The van der Waals surface area contributed by atoms with E-state index in [1.54, 1.807) is 30.4 Å². The summed E-state index contributed by atoms with van der Waals surface area (Å²) in [6.07, 6.45) is 14.1. The standard InChI is InChI=1S/C28H32N2O5/c1-3-4-5-14-26(31)30(17-15-22-12-8-9-13-23(22)27(30)28(32)33)34-18-16-24-20(2)35-25(29-24)19-21-10-6-7-11-21/h3-5,8-9,12-14,19,27H,6-7,10-11,15-18H2,1-2H3/p+1. The van der Waals surface area contributed by atoms with Gasteiger partial charge in [0.15, 0.2) is 0 Å². The minimum atomic E-state index is -1.15. The van der Waals surface area contributed by atoms with Crippen LogP contribution in [0.4, 0.5) is 0 Å². The number of carboxylic acid groups (broad SMARTS) is 1. The molecule has 1 aliphatic carbocycles. The van der Waals surface area contributed by atoms with Gasteiger partial charge in [0.2, 0.25) is 11.9 Å². The molecule has 0 bridgehead atoms. The maximum Gasteiger partial charge on any atom is 0.371 e. The summed E-state index contributed by atoms with van der Waals surface area (Å²) >= 11 is 0. The molecule has 0 saturated heterocycles. The first-order chi connectivity index (χ1) is 16.9. The van der Waals surface area contributed by atoms with Crippen LogP contribution in [0.3, 0.4) is 0 Å². The van der Waals surface area contributed by atoms with Gasteiger partial charge in [0.05, 0.1) is 5.69 Å². The maximum absolute atomic E-state index is 13.4. The lowest BCUT2D eigenvalue weighted by Crippen LogP contribution is -2.59. The van der Waals surface area contributed by atoms with E-state index in [9.17, 15) is 14.7 Å². The fourth-order valence-electron chi connectivity index (χ4n) is 4.99. The van der Waals surface area contributed by atoms with Crippen LogP contribution < -0.4 is 0 Å². The third-order valence-electron chi connectivity index (χ3n) is 6.77. The summed E-state index contributed by atoms with van der Waals surface area (Å²) in [6.45, 7) is 4.09. The molecule has 2 aliphatic rings. The number of aromatic nitrogens is 1. The topological polar surface area (TPSA) is 89.6 Å². The second kappa shape index (κ2) is 11.0. The van der Waals surface area contributed by atoms with Gasteiger partial charge in [0, 0.05) is 24.5 Å². The van der Waals surface area contributed by atoms with Crippen molar-refractivity contribution in [1.82, 2.24) is 4.98 Å². The van der Waals surface area contributed by atoms with E-state index in [4.69, 9.17) is 9.25 Å². The molecule has 1 saturated carbocycles. The number of rotatable bonds is 8. The van der Waals surface area contributed by atoms with E-state index in [1.807, 2.05) is 32.1 Å². The summed E-state index contributed by atoms with van der Waals surface area (Å²) in [5.74, 6) is -0.177. The van der Waals surface area contributed by atoms with E-state index in [0.717, 1.165) is 24.1 Å². The van der Waals surface area contributed by atoms with E-state index in [-0.39, 0.29) is 13.2 Å². The number of quaternary nitrogens is 1. The number of nitrogens with zero attached hydrogens (tertiary/aromatic N) is 2. The Bertz CT molecular complexity index is 1170. The Morgan fingerprint density at radius 2 is 1.97 bits per heavy atom. The third-order valence-corrected chi connectivity index (χ3v) is 6.77. The largest absolute Gasteiger partial charge is 0.476 e. The average Bonchev–Trinajstić information content (AvgIpc) is 3.48. The Morgan fingerprint density at radius 3 is 2.71 bits per heavy atom. The first-order valence-corrected chi connectivity index (χ1v) is 12.3. The second-order valence-corrected chi connectivity index (χ2v) is 9.08. The molecule has 1 aliphatic heterocycles. The molecule has 7 heteroatoms. The van der Waals surface area contributed by atoms with Crippen LogP contribution in [-0.2, 0) is 27.3 Å². The van der Waals surface area contributed by atoms with Gasteiger partial charge in [-0.3, -0.25) is 0 Å². The quantitative estimate of drug-likeness (QED) is 0.316. The lowest BCUT2D eigenvalue weighted by atomic mass is 9.91. The average molecular weight is 478 g/mol. The number of aryl methyl sites for hydroxylation is 1. The molecular weight excluding hydrogens is 444 g/mol. The van der Waals surface area contributed by atoms with Crippen molar-refractivity contribution in [3.8, 4) is 0 Å². The summed E-state index contributed by atoms with van der Waals surface area (Å²) in [5.41, 5.74) is 3.66. The first-order valence-electron chi connectivity index (χ1n) is 12.3. The lowest BCUT2D eigenvalue weighted by molar-refractivity contribution is -1.06. The van der Waals surface area contributed by atoms with Gasteiger partial charge < -0.3 is 9.52 Å². The maximum atomic E-state index is 13.4. The van der Waals surface area contributed by atoms with Crippen LogP contribution in [0.5, 0.6) is 0 Å². The molecular formula is C28H33N2O5+. The molecule has 7 nitrogen and oxygen atoms in total. The van der Waals surface area contributed by atoms with E-state index in [0.29, 0.717) is 30.1 Å². The molecule has 2 heterocycles. The predicted octanol–water partition coefficient (Wildman–Crippen LogP) is 5.27. The van der Waals surface area contributed by atoms with Crippen molar-refractivity contribution >= 4 is 18.0 Å². The van der Waals surface area contributed by atoms with Crippen molar-refractivity contribution in [2.75, 3.05) is 13.2 Å². The number of carbonyl (C=O) groups excluding carboxylic acids is 1. The van der Waals surface area contributed by atoms with Crippen LogP contribution >= 0.6 is 0 Å². The monoisotopic (exact) mass is 477 g/mol. The summed E-state index contributed by atoms with van der Waals surface area (Å²) in [4.78, 5) is 36.8. The number of fused-ring (bicyclic) bond motifs is 1. The molecule has 1 aromatic carbocycles. The van der Waals surface area contributed by atoms with Gasteiger partial charge in [-0.2, -0.15) is 4.84 Å². The zero-order valence-electron chi connectivity index (χ0n) is 20.4. The Balaban J connectivity index is 1.59. The number of amides is 1. The van der Waals surface area contributed by atoms with Crippen LogP contribution in [-0.4, -0.2) is 39.8 Å². The van der Waals surface area contributed by atoms with Crippen molar-refractivity contribution < 1.29 is 28.6 Å². The fraction of sp³-hybridized carbons (Fsp3) is 0.393. The third kappa shape index (κ3) is 5.36. The Morgan fingerprint density at radius 1 is 1.20 bits per heavy atom. The Labute approximate surface area is 206 Å². The number of oxazole rings is 1. The summed E-state index contributed by atoms with van der Waals surface area (Å²) in [6, 6.07) is 6.23. The molecule has 184 valence electrons. The van der Waals surface area contributed by atoms with Crippen molar-refractivity contribution in [1.29, 1.82) is 0 Å². The normalized spacial score (nSPS) is 22.1. The highest BCUT2D eigenvalue weighted by Crippen LogP contribution is 2.38. The highest BCUT2D eigenvalue weighted by molar-refractivity contribution is 5.85. The molecule has 1 amide bonds. The van der Waals surface area contributed by atoms with Crippen molar-refractivity contribution in [2.45, 2.75) is 58.4 Å². The van der Waals surface area contributed by atoms with Crippen molar-refractivity contribution in [2.24, 2.45) is 0 Å². The fourth-order valence-corrected chi connectivity index (χ4v) is 4.99. The smallest absolute Gasteiger partial charge is 0.371 e. The number of aliphatic carboxylic acids is 1. The number of benzene rings is 1. The zero-order chi connectivity index (χ0) is 24.8. The van der Waals surface area contributed by atoms with E-state index in [1.165, 1.54) is 24.5 Å².